The number of carbonyl (C=O) groups is 2. The maximum atomic E-state index is 15.0. The Kier molecular flexibility index (Phi) is 5.02. The van der Waals surface area contributed by atoms with E-state index in [1.165, 1.54) is 17.0 Å². The summed E-state index contributed by atoms with van der Waals surface area (Å²) in [6, 6.07) is 10.3. The molecule has 11 heteroatoms. The van der Waals surface area contributed by atoms with E-state index >= 15 is 4.39 Å². The maximum absolute atomic E-state index is 15.0. The van der Waals surface area contributed by atoms with E-state index in [1.807, 2.05) is 0 Å². The van der Waals surface area contributed by atoms with Crippen molar-refractivity contribution in [2.24, 2.45) is 17.8 Å². The predicted octanol–water partition coefficient (Wildman–Crippen LogP) is 2.59. The van der Waals surface area contributed by atoms with Crippen LogP contribution in [0.4, 0.5) is 23.7 Å². The summed E-state index contributed by atoms with van der Waals surface area (Å²) in [5, 5.41) is 15.4. The third kappa shape index (κ3) is 3.51. The number of piperidine rings is 1. The van der Waals surface area contributed by atoms with Gasteiger partial charge < -0.3 is 15.4 Å². The molecule has 2 N–H and O–H groups in total. The van der Waals surface area contributed by atoms with Crippen molar-refractivity contribution in [2.75, 3.05) is 31.1 Å². The number of hydrogen-bond donors (Lipinski definition) is 2. The quantitative estimate of drug-likeness (QED) is 0.636. The Morgan fingerprint density at radius 2 is 2.03 bits per heavy atom. The second-order valence-electron chi connectivity index (χ2n) is 9.83. The fourth-order valence-corrected chi connectivity index (χ4v) is 5.52. The summed E-state index contributed by atoms with van der Waals surface area (Å²) in [5.41, 5.74) is 1.24. The lowest BCUT2D eigenvalue weighted by molar-refractivity contribution is -0.124. The molecular weight excluding hydrogens is 475 g/mol. The van der Waals surface area contributed by atoms with Gasteiger partial charge >= 0.3 is 6.09 Å². The number of rotatable bonds is 6. The smallest absolute Gasteiger partial charge is 0.414 e. The van der Waals surface area contributed by atoms with Crippen LogP contribution in [0.5, 0.6) is 0 Å². The molecule has 6 rings (SSSR count). The number of nitriles is 1. The zero-order valence-electron chi connectivity index (χ0n) is 19.0. The van der Waals surface area contributed by atoms with Crippen molar-refractivity contribution in [3.63, 3.8) is 0 Å². The van der Waals surface area contributed by atoms with Crippen molar-refractivity contribution >= 4 is 17.7 Å². The van der Waals surface area contributed by atoms with Gasteiger partial charge in [-0.1, -0.05) is 6.07 Å². The molecule has 2 aliphatic heterocycles. The Morgan fingerprint density at radius 1 is 1.28 bits per heavy atom. The molecule has 4 fully saturated rings. The third-order valence-electron chi connectivity index (χ3n) is 7.74. The van der Waals surface area contributed by atoms with Gasteiger partial charge in [0, 0.05) is 48.7 Å². The topological polar surface area (TPSA) is 107 Å². The van der Waals surface area contributed by atoms with E-state index < -0.39 is 47.6 Å². The zero-order chi connectivity index (χ0) is 25.2. The van der Waals surface area contributed by atoms with Crippen LogP contribution in [-0.2, 0) is 14.9 Å². The lowest BCUT2D eigenvalue weighted by Gasteiger charge is -2.15. The number of hydrogen-bond acceptors (Lipinski definition) is 6. The average Bonchev–Trinajstić information content (AvgIpc) is 3.48. The molecule has 2 unspecified atom stereocenters. The highest BCUT2D eigenvalue weighted by molar-refractivity contribution is 5.90. The largest absolute Gasteiger partial charge is 0.442 e. The van der Waals surface area contributed by atoms with Gasteiger partial charge in [-0.15, -0.1) is 0 Å². The van der Waals surface area contributed by atoms with Gasteiger partial charge in [0.15, 0.2) is 0 Å². The first-order chi connectivity index (χ1) is 17.2. The van der Waals surface area contributed by atoms with E-state index in [2.05, 4.69) is 21.7 Å². The number of pyridine rings is 1. The minimum atomic E-state index is -2.97. The lowest BCUT2D eigenvalue weighted by Crippen LogP contribution is -2.36. The number of aromatic nitrogens is 1. The van der Waals surface area contributed by atoms with Crippen LogP contribution in [0, 0.1) is 34.9 Å². The van der Waals surface area contributed by atoms with Crippen molar-refractivity contribution in [2.45, 2.75) is 23.9 Å². The van der Waals surface area contributed by atoms with E-state index in [9.17, 15) is 23.6 Å². The summed E-state index contributed by atoms with van der Waals surface area (Å²) in [6.45, 7) is 1.53. The van der Waals surface area contributed by atoms with E-state index in [4.69, 9.17) is 4.74 Å². The van der Waals surface area contributed by atoms with Crippen LogP contribution in [0.25, 0.3) is 11.1 Å². The summed E-state index contributed by atoms with van der Waals surface area (Å²) in [5.74, 6) is -5.13. The number of amides is 2. The maximum Gasteiger partial charge on any atom is 0.414 e. The van der Waals surface area contributed by atoms with Gasteiger partial charge in [-0.25, -0.2) is 18.0 Å². The van der Waals surface area contributed by atoms with E-state index in [0.717, 1.165) is 13.1 Å². The fourth-order valence-electron chi connectivity index (χ4n) is 5.52. The van der Waals surface area contributed by atoms with Crippen LogP contribution in [0.15, 0.2) is 36.5 Å². The molecule has 4 aliphatic rings. The number of alkyl halides is 2. The first-order valence-electron chi connectivity index (χ1n) is 11.8. The molecule has 2 aliphatic carbocycles. The van der Waals surface area contributed by atoms with Crippen LogP contribution in [0.1, 0.15) is 12.1 Å². The molecule has 3 heterocycles. The molecule has 1 aromatic heterocycles. The Morgan fingerprint density at radius 3 is 2.64 bits per heavy atom. The van der Waals surface area contributed by atoms with E-state index in [0.29, 0.717) is 16.8 Å². The lowest BCUT2D eigenvalue weighted by atomic mass is 9.96. The molecule has 8 nitrogen and oxygen atoms in total. The molecule has 5 atom stereocenters. The third-order valence-corrected chi connectivity index (χ3v) is 7.74. The van der Waals surface area contributed by atoms with Crippen molar-refractivity contribution < 1.29 is 27.5 Å². The monoisotopic (exact) mass is 497 g/mol. The number of carbonyl (C=O) groups excluding carboxylic acids is 2. The van der Waals surface area contributed by atoms with Crippen LogP contribution in [-0.4, -0.2) is 55.2 Å². The van der Waals surface area contributed by atoms with Gasteiger partial charge in [0.25, 0.3) is 5.92 Å². The number of halogens is 3. The predicted molar refractivity (Wildman–Crippen MR) is 120 cm³/mol. The molecule has 1 aromatic carbocycles. The van der Waals surface area contributed by atoms with Gasteiger partial charge in [-0.3, -0.25) is 14.7 Å². The minimum absolute atomic E-state index is 0.0443. The van der Waals surface area contributed by atoms with Crippen LogP contribution in [0.3, 0.4) is 0 Å². The highest BCUT2D eigenvalue weighted by Crippen LogP contribution is 2.60. The van der Waals surface area contributed by atoms with Crippen LogP contribution < -0.4 is 15.5 Å². The van der Waals surface area contributed by atoms with Crippen molar-refractivity contribution in [1.29, 1.82) is 5.26 Å². The molecular formula is C25H22F3N5O3. The molecule has 186 valence electrons. The number of ether oxygens (including phenoxy) is 1. The second kappa shape index (κ2) is 7.93. The summed E-state index contributed by atoms with van der Waals surface area (Å²) in [4.78, 5) is 29.8. The molecule has 0 bridgehead atoms. The summed E-state index contributed by atoms with van der Waals surface area (Å²) >= 11 is 0. The molecule has 2 saturated carbocycles. The first-order valence-corrected chi connectivity index (χ1v) is 11.8. The molecule has 2 aromatic rings. The number of cyclic esters (lactones) is 1. The second-order valence-corrected chi connectivity index (χ2v) is 9.83. The molecule has 36 heavy (non-hydrogen) atoms. The van der Waals surface area contributed by atoms with Gasteiger partial charge in [0.05, 0.1) is 30.5 Å². The Balaban J connectivity index is 1.12. The van der Waals surface area contributed by atoms with Crippen LogP contribution in [0.2, 0.25) is 0 Å². The minimum Gasteiger partial charge on any atom is -0.442 e. The van der Waals surface area contributed by atoms with Crippen molar-refractivity contribution in [3.05, 3.63) is 48.0 Å². The average molecular weight is 497 g/mol. The summed E-state index contributed by atoms with van der Waals surface area (Å²) in [6.07, 6.45) is -0.370. The molecule has 2 saturated heterocycles. The van der Waals surface area contributed by atoms with Gasteiger partial charge in [0.1, 0.15) is 23.3 Å². The highest BCUT2D eigenvalue weighted by atomic mass is 19.3. The summed E-state index contributed by atoms with van der Waals surface area (Å²) in [7, 11) is 0. The van der Waals surface area contributed by atoms with Gasteiger partial charge in [-0.2, -0.15) is 5.26 Å². The Bertz CT molecular complexity index is 1280. The summed E-state index contributed by atoms with van der Waals surface area (Å²) < 4.78 is 46.3. The normalized spacial score (nSPS) is 31.4. The fraction of sp³-hybridized carbons (Fsp3) is 0.440. The first kappa shape index (κ1) is 22.8. The number of anilines is 1. The highest BCUT2D eigenvalue weighted by Gasteiger charge is 2.69. The number of nitrogens with zero attached hydrogens (tertiary/aromatic N) is 3. The SMILES string of the molecule is N#CC1(c2ccc(-c3ccc(N4C[C@H](CNC(=O)C5CC5(F)F)OC4=O)cc3F)cn2)[C@@H]2CNC[C@@H]21. The van der Waals surface area contributed by atoms with Crippen molar-refractivity contribution in [3.8, 4) is 17.2 Å². The van der Waals surface area contributed by atoms with Crippen molar-refractivity contribution in [1.82, 2.24) is 15.6 Å². The van der Waals surface area contributed by atoms with E-state index in [1.54, 1.807) is 24.4 Å². The number of benzene rings is 1. The van der Waals surface area contributed by atoms with E-state index in [-0.39, 0.29) is 30.6 Å². The molecule has 2 amide bonds. The number of fused-ring (bicyclic) bond motifs is 1. The van der Waals surface area contributed by atoms with Gasteiger partial charge in [-0.05, 0) is 24.3 Å². The van der Waals surface area contributed by atoms with Crippen LogP contribution >= 0.6 is 0 Å². The number of nitrogens with one attached hydrogen (secondary N) is 2. The standard InChI is InChI=1S/C25H22F3N5O3/c26-20-5-14(33-11-15(36-23(33)35)8-32-22(34)17-6-25(17,27)28)2-3-16(20)13-1-4-21(31-7-13)24(12-29)18-9-30-10-19(18)24/h1-5,7,15,17-19,30H,6,8-11H2,(H,32,34)/t15-,17?,18-,19+,24?/m0/s1. The molecule has 0 spiro atoms. The Labute approximate surface area is 204 Å². The van der Waals surface area contributed by atoms with Gasteiger partial charge in [0.2, 0.25) is 5.91 Å². The molecule has 0 radical (unpaired) electrons. The zero-order valence-corrected chi connectivity index (χ0v) is 19.0. The Hall–Kier alpha value is -3.65.